The first-order valence-corrected chi connectivity index (χ1v) is 9.29. The lowest BCUT2D eigenvalue weighted by Gasteiger charge is -2.38. The van der Waals surface area contributed by atoms with Crippen molar-refractivity contribution in [2.24, 2.45) is 0 Å². The summed E-state index contributed by atoms with van der Waals surface area (Å²) in [5.74, 6) is 0. The molecule has 1 N–H and O–H groups in total. The summed E-state index contributed by atoms with van der Waals surface area (Å²) in [5, 5.41) is 4.23. The Bertz CT molecular complexity index is 756. The molecule has 0 atom stereocenters. The van der Waals surface area contributed by atoms with Gasteiger partial charge in [-0.25, -0.2) is 0 Å². The Morgan fingerprint density at radius 2 is 1.48 bits per heavy atom. The lowest BCUT2D eigenvalue weighted by molar-refractivity contribution is 0.390. The fraction of sp³-hybridized carbons (Fsp3) is 0.381. The van der Waals surface area contributed by atoms with Crippen LogP contribution in [0.3, 0.4) is 0 Å². The molecule has 3 rings (SSSR count). The van der Waals surface area contributed by atoms with Crippen LogP contribution in [-0.2, 0) is 0 Å². The molecule has 1 aliphatic rings. The van der Waals surface area contributed by atoms with Gasteiger partial charge in [-0.1, -0.05) is 18.2 Å². The van der Waals surface area contributed by atoms with Gasteiger partial charge in [-0.15, -0.1) is 0 Å². The average molecular weight is 354 g/mol. The number of piperazine rings is 1. The lowest BCUT2D eigenvalue weighted by Crippen LogP contribution is -2.50. The minimum Gasteiger partial charge on any atom is -0.368 e. The van der Waals surface area contributed by atoms with E-state index in [0.717, 1.165) is 37.0 Å². The Labute approximate surface area is 156 Å². The molecule has 2 aromatic carbocycles. The van der Waals surface area contributed by atoms with Crippen molar-refractivity contribution in [3.05, 3.63) is 58.7 Å². The van der Waals surface area contributed by atoms with Gasteiger partial charge in [0.2, 0.25) is 0 Å². The topological polar surface area (TPSA) is 18.5 Å². The number of nitrogens with one attached hydrogen (secondary N) is 1. The molecule has 1 fully saturated rings. The van der Waals surface area contributed by atoms with Gasteiger partial charge >= 0.3 is 0 Å². The van der Waals surface area contributed by atoms with Crippen molar-refractivity contribution in [1.82, 2.24) is 4.90 Å². The van der Waals surface area contributed by atoms with Gasteiger partial charge in [0.15, 0.2) is 5.11 Å². The third kappa shape index (κ3) is 4.31. The Balaban J connectivity index is 1.61. The van der Waals surface area contributed by atoms with E-state index in [1.807, 2.05) is 0 Å². The van der Waals surface area contributed by atoms with Gasteiger partial charge in [-0.3, -0.25) is 0 Å². The molecule has 1 saturated heterocycles. The quantitative estimate of drug-likeness (QED) is 0.804. The number of thiocarbonyl (C=S) groups is 1. The summed E-state index contributed by atoms with van der Waals surface area (Å²) in [7, 11) is 0. The van der Waals surface area contributed by atoms with Gasteiger partial charge in [0.25, 0.3) is 0 Å². The van der Waals surface area contributed by atoms with Crippen molar-refractivity contribution >= 4 is 28.7 Å². The van der Waals surface area contributed by atoms with Gasteiger partial charge in [0.1, 0.15) is 0 Å². The van der Waals surface area contributed by atoms with E-state index in [4.69, 9.17) is 12.2 Å². The van der Waals surface area contributed by atoms with Crippen LogP contribution in [0.5, 0.6) is 0 Å². The molecular formula is C21H27N3S. The first kappa shape index (κ1) is 17.7. The molecule has 25 heavy (non-hydrogen) atoms. The summed E-state index contributed by atoms with van der Waals surface area (Å²) in [4.78, 5) is 4.74. The number of hydrogen-bond acceptors (Lipinski definition) is 2. The van der Waals surface area contributed by atoms with Crippen LogP contribution < -0.4 is 10.2 Å². The molecule has 0 aromatic heterocycles. The van der Waals surface area contributed by atoms with E-state index in [1.54, 1.807) is 0 Å². The molecule has 0 amide bonds. The molecule has 0 saturated carbocycles. The zero-order valence-electron chi connectivity index (χ0n) is 15.6. The number of hydrogen-bond donors (Lipinski definition) is 1. The van der Waals surface area contributed by atoms with E-state index in [1.165, 1.54) is 27.9 Å². The van der Waals surface area contributed by atoms with Crippen molar-refractivity contribution in [2.75, 3.05) is 36.4 Å². The normalized spacial score (nSPS) is 14.6. The fourth-order valence-electron chi connectivity index (χ4n) is 3.46. The van der Waals surface area contributed by atoms with Gasteiger partial charge in [0, 0.05) is 37.6 Å². The summed E-state index contributed by atoms with van der Waals surface area (Å²) < 4.78 is 0. The second kappa shape index (κ2) is 7.44. The highest BCUT2D eigenvalue weighted by molar-refractivity contribution is 7.80. The molecule has 4 heteroatoms. The van der Waals surface area contributed by atoms with Crippen LogP contribution in [0.25, 0.3) is 0 Å². The van der Waals surface area contributed by atoms with E-state index in [9.17, 15) is 0 Å². The van der Waals surface area contributed by atoms with Crippen LogP contribution in [0.2, 0.25) is 0 Å². The van der Waals surface area contributed by atoms with Crippen molar-refractivity contribution in [1.29, 1.82) is 0 Å². The average Bonchev–Trinajstić information content (AvgIpc) is 2.56. The van der Waals surface area contributed by atoms with Crippen LogP contribution in [0, 0.1) is 27.7 Å². The number of anilines is 2. The molecular weight excluding hydrogens is 326 g/mol. The largest absolute Gasteiger partial charge is 0.368 e. The number of aryl methyl sites for hydroxylation is 4. The molecule has 1 heterocycles. The van der Waals surface area contributed by atoms with E-state index in [2.05, 4.69) is 79.2 Å². The maximum atomic E-state index is 5.64. The van der Waals surface area contributed by atoms with Crippen LogP contribution in [-0.4, -0.2) is 36.2 Å². The summed E-state index contributed by atoms with van der Waals surface area (Å²) in [6, 6.07) is 13.1. The predicted octanol–water partition coefficient (Wildman–Crippen LogP) is 4.44. The minimum atomic E-state index is 0.825. The third-order valence-electron chi connectivity index (χ3n) is 4.75. The molecule has 0 bridgehead atoms. The number of benzene rings is 2. The highest BCUT2D eigenvalue weighted by Gasteiger charge is 2.20. The van der Waals surface area contributed by atoms with E-state index in [0.29, 0.717) is 0 Å². The van der Waals surface area contributed by atoms with Crippen LogP contribution in [0.1, 0.15) is 22.3 Å². The van der Waals surface area contributed by atoms with Crippen molar-refractivity contribution in [3.63, 3.8) is 0 Å². The fourth-order valence-corrected chi connectivity index (χ4v) is 3.76. The van der Waals surface area contributed by atoms with Crippen LogP contribution in [0.4, 0.5) is 11.4 Å². The Morgan fingerprint density at radius 1 is 0.840 bits per heavy atom. The van der Waals surface area contributed by atoms with Gasteiger partial charge in [-0.2, -0.15) is 0 Å². The SMILES string of the molecule is Cc1cc(C)cc(NC(=S)N2CCN(c3cc(C)ccc3C)CC2)c1. The Morgan fingerprint density at radius 3 is 2.12 bits per heavy atom. The summed E-state index contributed by atoms with van der Waals surface area (Å²) >= 11 is 5.64. The lowest BCUT2D eigenvalue weighted by atomic mass is 10.1. The van der Waals surface area contributed by atoms with Crippen molar-refractivity contribution in [3.8, 4) is 0 Å². The molecule has 0 unspecified atom stereocenters. The van der Waals surface area contributed by atoms with Gasteiger partial charge in [0.05, 0.1) is 0 Å². The number of rotatable bonds is 2. The zero-order valence-corrected chi connectivity index (χ0v) is 16.4. The maximum Gasteiger partial charge on any atom is 0.173 e. The van der Waals surface area contributed by atoms with Crippen LogP contribution in [0.15, 0.2) is 36.4 Å². The number of nitrogens with zero attached hydrogens (tertiary/aromatic N) is 2. The summed E-state index contributed by atoms with van der Waals surface area (Å²) in [6.07, 6.45) is 0. The highest BCUT2D eigenvalue weighted by Crippen LogP contribution is 2.23. The Kier molecular flexibility index (Phi) is 5.28. The van der Waals surface area contributed by atoms with E-state index in [-0.39, 0.29) is 0 Å². The van der Waals surface area contributed by atoms with Gasteiger partial charge in [-0.05, 0) is 80.4 Å². The molecule has 132 valence electrons. The second-order valence-electron chi connectivity index (χ2n) is 7.07. The minimum absolute atomic E-state index is 0.825. The highest BCUT2D eigenvalue weighted by atomic mass is 32.1. The monoisotopic (exact) mass is 353 g/mol. The second-order valence-corrected chi connectivity index (χ2v) is 7.46. The Hall–Kier alpha value is -2.07. The first-order valence-electron chi connectivity index (χ1n) is 8.89. The smallest absolute Gasteiger partial charge is 0.173 e. The maximum absolute atomic E-state index is 5.64. The van der Waals surface area contributed by atoms with E-state index >= 15 is 0 Å². The molecule has 3 nitrogen and oxygen atoms in total. The summed E-state index contributed by atoms with van der Waals surface area (Å²) in [5.41, 5.74) is 7.60. The standard InChI is InChI=1S/C21H27N3S/c1-15-5-6-18(4)20(14-15)23-7-9-24(10-8-23)21(25)22-19-12-16(2)11-17(3)13-19/h5-6,11-14H,7-10H2,1-4H3,(H,22,25). The summed E-state index contributed by atoms with van der Waals surface area (Å²) in [6.45, 7) is 12.5. The molecule has 0 radical (unpaired) electrons. The van der Waals surface area contributed by atoms with Crippen molar-refractivity contribution < 1.29 is 0 Å². The molecule has 0 spiro atoms. The van der Waals surface area contributed by atoms with Gasteiger partial charge < -0.3 is 15.1 Å². The van der Waals surface area contributed by atoms with E-state index < -0.39 is 0 Å². The third-order valence-corrected chi connectivity index (χ3v) is 5.11. The molecule has 2 aromatic rings. The zero-order chi connectivity index (χ0) is 18.0. The molecule has 1 aliphatic heterocycles. The van der Waals surface area contributed by atoms with Crippen molar-refractivity contribution in [2.45, 2.75) is 27.7 Å². The van der Waals surface area contributed by atoms with Crippen LogP contribution >= 0.6 is 12.2 Å². The predicted molar refractivity (Wildman–Crippen MR) is 112 cm³/mol. The first-order chi connectivity index (χ1) is 11.9. The molecule has 0 aliphatic carbocycles.